The zero-order valence-electron chi connectivity index (χ0n) is 13.9. The van der Waals surface area contributed by atoms with E-state index in [1.807, 2.05) is 6.92 Å². The number of rotatable bonds is 4. The van der Waals surface area contributed by atoms with Crippen molar-refractivity contribution < 1.29 is 27.4 Å². The van der Waals surface area contributed by atoms with Crippen molar-refractivity contribution in [3.8, 4) is 5.75 Å². The van der Waals surface area contributed by atoms with Crippen molar-refractivity contribution in [2.75, 3.05) is 6.54 Å². The Hall–Kier alpha value is -1.76. The second-order valence-electron chi connectivity index (χ2n) is 6.28. The summed E-state index contributed by atoms with van der Waals surface area (Å²) in [4.78, 5) is 12.2. The van der Waals surface area contributed by atoms with Gasteiger partial charge in [-0.15, -0.1) is 0 Å². The second-order valence-corrected chi connectivity index (χ2v) is 6.28. The van der Waals surface area contributed by atoms with Crippen molar-refractivity contribution in [1.29, 1.82) is 0 Å². The van der Waals surface area contributed by atoms with Crippen molar-refractivity contribution in [3.63, 3.8) is 0 Å². The average Bonchev–Trinajstić information content (AvgIpc) is 2.45. The standard InChI is InChI=1S/C17H22F3NO3/c1-10(2)23-16(22)14-9-12(17(18,19)20)4-5-15(14)24-13-6-7-21-11(3)8-13/h4-5,9-11,13,21H,6-8H2,1-3H3/t11?,13-/m0/s1. The Labute approximate surface area is 139 Å². The number of hydrogen-bond donors (Lipinski definition) is 1. The molecule has 0 radical (unpaired) electrons. The summed E-state index contributed by atoms with van der Waals surface area (Å²) in [5.41, 5.74) is -1.09. The fourth-order valence-corrected chi connectivity index (χ4v) is 2.62. The average molecular weight is 345 g/mol. The minimum atomic E-state index is -4.53. The van der Waals surface area contributed by atoms with Crippen LogP contribution in [0.5, 0.6) is 5.75 Å². The first-order valence-electron chi connectivity index (χ1n) is 7.99. The third-order valence-electron chi connectivity index (χ3n) is 3.74. The van der Waals surface area contributed by atoms with Gasteiger partial charge in [0.05, 0.1) is 11.7 Å². The topological polar surface area (TPSA) is 47.6 Å². The van der Waals surface area contributed by atoms with E-state index >= 15 is 0 Å². The maximum atomic E-state index is 12.9. The molecule has 0 amide bonds. The first-order chi connectivity index (χ1) is 11.2. The van der Waals surface area contributed by atoms with Crippen molar-refractivity contribution in [2.24, 2.45) is 0 Å². The smallest absolute Gasteiger partial charge is 0.416 e. The number of esters is 1. The van der Waals surface area contributed by atoms with Gasteiger partial charge in [-0.2, -0.15) is 13.2 Å². The van der Waals surface area contributed by atoms with Crippen LogP contribution in [0.3, 0.4) is 0 Å². The molecule has 2 atom stereocenters. The maximum absolute atomic E-state index is 12.9. The molecule has 1 saturated heterocycles. The molecule has 0 bridgehead atoms. The third-order valence-corrected chi connectivity index (χ3v) is 3.74. The lowest BCUT2D eigenvalue weighted by molar-refractivity contribution is -0.137. The molecular weight excluding hydrogens is 323 g/mol. The highest BCUT2D eigenvalue weighted by Crippen LogP contribution is 2.34. The van der Waals surface area contributed by atoms with E-state index in [1.54, 1.807) is 13.8 Å². The SMILES string of the molecule is CC1C[C@@H](Oc2ccc(C(F)(F)F)cc2C(=O)OC(C)C)CCN1. The van der Waals surface area contributed by atoms with Crippen LogP contribution in [-0.2, 0) is 10.9 Å². The van der Waals surface area contributed by atoms with Gasteiger partial charge >= 0.3 is 12.1 Å². The molecule has 24 heavy (non-hydrogen) atoms. The fourth-order valence-electron chi connectivity index (χ4n) is 2.62. The van der Waals surface area contributed by atoms with Crippen LogP contribution < -0.4 is 10.1 Å². The number of piperidine rings is 1. The maximum Gasteiger partial charge on any atom is 0.416 e. The van der Waals surface area contributed by atoms with Crippen LogP contribution in [-0.4, -0.2) is 30.8 Å². The lowest BCUT2D eigenvalue weighted by Crippen LogP contribution is -2.40. The zero-order valence-corrected chi connectivity index (χ0v) is 13.9. The quantitative estimate of drug-likeness (QED) is 0.844. The summed E-state index contributed by atoms with van der Waals surface area (Å²) >= 11 is 0. The molecule has 0 saturated carbocycles. The predicted octanol–water partition coefficient (Wildman–Crippen LogP) is 3.79. The highest BCUT2D eigenvalue weighted by molar-refractivity contribution is 5.93. The Bertz CT molecular complexity index is 587. The minimum absolute atomic E-state index is 0.132. The summed E-state index contributed by atoms with van der Waals surface area (Å²) in [6.07, 6.45) is -3.67. The van der Waals surface area contributed by atoms with E-state index in [-0.39, 0.29) is 23.5 Å². The van der Waals surface area contributed by atoms with Gasteiger partial charge in [0, 0.05) is 6.04 Å². The number of carbonyl (C=O) groups is 1. The molecular formula is C17H22F3NO3. The van der Waals surface area contributed by atoms with Crippen LogP contribution in [0.4, 0.5) is 13.2 Å². The van der Waals surface area contributed by atoms with Gasteiger partial charge in [0.25, 0.3) is 0 Å². The van der Waals surface area contributed by atoms with Gasteiger partial charge in [-0.05, 0) is 58.4 Å². The van der Waals surface area contributed by atoms with E-state index in [0.29, 0.717) is 0 Å². The second kappa shape index (κ2) is 7.42. The highest BCUT2D eigenvalue weighted by atomic mass is 19.4. The first-order valence-corrected chi connectivity index (χ1v) is 7.99. The molecule has 2 rings (SSSR count). The van der Waals surface area contributed by atoms with Crippen LogP contribution in [0.15, 0.2) is 18.2 Å². The molecule has 134 valence electrons. The largest absolute Gasteiger partial charge is 0.489 e. The number of nitrogens with one attached hydrogen (secondary N) is 1. The van der Waals surface area contributed by atoms with Gasteiger partial charge < -0.3 is 14.8 Å². The molecule has 0 aliphatic carbocycles. The van der Waals surface area contributed by atoms with Gasteiger partial charge in [0.1, 0.15) is 17.4 Å². The van der Waals surface area contributed by atoms with Crippen LogP contribution in [0.2, 0.25) is 0 Å². The Morgan fingerprint density at radius 2 is 2.04 bits per heavy atom. The first kappa shape index (κ1) is 18.6. The summed E-state index contributed by atoms with van der Waals surface area (Å²) in [7, 11) is 0. The van der Waals surface area contributed by atoms with Crippen LogP contribution in [0.1, 0.15) is 49.5 Å². The van der Waals surface area contributed by atoms with E-state index < -0.39 is 23.8 Å². The molecule has 1 aromatic rings. The number of hydrogen-bond acceptors (Lipinski definition) is 4. The Balaban J connectivity index is 2.29. The number of carbonyl (C=O) groups excluding carboxylic acids is 1. The zero-order chi connectivity index (χ0) is 17.9. The van der Waals surface area contributed by atoms with E-state index in [9.17, 15) is 18.0 Å². The Morgan fingerprint density at radius 3 is 2.62 bits per heavy atom. The molecule has 0 aromatic heterocycles. The van der Waals surface area contributed by atoms with Crippen molar-refractivity contribution in [2.45, 2.75) is 58.0 Å². The van der Waals surface area contributed by atoms with Crippen molar-refractivity contribution >= 4 is 5.97 Å². The predicted molar refractivity (Wildman–Crippen MR) is 83.1 cm³/mol. The van der Waals surface area contributed by atoms with Crippen molar-refractivity contribution in [3.05, 3.63) is 29.3 Å². The summed E-state index contributed by atoms with van der Waals surface area (Å²) < 4.78 is 49.7. The summed E-state index contributed by atoms with van der Waals surface area (Å²) in [5, 5.41) is 3.27. The normalized spacial score (nSPS) is 21.6. The monoisotopic (exact) mass is 345 g/mol. The minimum Gasteiger partial charge on any atom is -0.489 e. The molecule has 7 heteroatoms. The molecule has 4 nitrogen and oxygen atoms in total. The lowest BCUT2D eigenvalue weighted by atomic mass is 10.0. The molecule has 1 unspecified atom stereocenters. The fraction of sp³-hybridized carbons (Fsp3) is 0.588. The summed E-state index contributed by atoms with van der Waals surface area (Å²) in [6.45, 7) is 6.05. The third kappa shape index (κ3) is 4.87. The number of alkyl halides is 3. The summed E-state index contributed by atoms with van der Waals surface area (Å²) in [6, 6.07) is 3.17. The number of benzene rings is 1. The van der Waals surface area contributed by atoms with Gasteiger partial charge in [0.2, 0.25) is 0 Å². The van der Waals surface area contributed by atoms with Gasteiger partial charge in [-0.25, -0.2) is 4.79 Å². The van der Waals surface area contributed by atoms with Gasteiger partial charge in [-0.1, -0.05) is 0 Å². The number of ether oxygens (including phenoxy) is 2. The molecule has 1 fully saturated rings. The molecule has 0 spiro atoms. The van der Waals surface area contributed by atoms with Crippen molar-refractivity contribution in [1.82, 2.24) is 5.32 Å². The van der Waals surface area contributed by atoms with Crippen LogP contribution >= 0.6 is 0 Å². The van der Waals surface area contributed by atoms with E-state index in [4.69, 9.17) is 9.47 Å². The van der Waals surface area contributed by atoms with E-state index in [1.165, 1.54) is 6.07 Å². The van der Waals surface area contributed by atoms with E-state index in [0.717, 1.165) is 31.5 Å². The van der Waals surface area contributed by atoms with Gasteiger partial charge in [-0.3, -0.25) is 0 Å². The van der Waals surface area contributed by atoms with E-state index in [2.05, 4.69) is 5.32 Å². The number of halogens is 3. The van der Waals surface area contributed by atoms with Crippen LogP contribution in [0.25, 0.3) is 0 Å². The van der Waals surface area contributed by atoms with Crippen LogP contribution in [0, 0.1) is 0 Å². The molecule has 1 aromatic carbocycles. The molecule has 1 aliphatic rings. The molecule has 1 aliphatic heterocycles. The van der Waals surface area contributed by atoms with Gasteiger partial charge in [0.15, 0.2) is 0 Å². The Kier molecular flexibility index (Phi) is 5.74. The molecule has 1 heterocycles. The Morgan fingerprint density at radius 1 is 1.33 bits per heavy atom. The molecule has 1 N–H and O–H groups in total. The highest BCUT2D eigenvalue weighted by Gasteiger charge is 2.33. The summed E-state index contributed by atoms with van der Waals surface area (Å²) in [5.74, 6) is -0.680. The lowest BCUT2D eigenvalue weighted by Gasteiger charge is -2.29.